The Morgan fingerprint density at radius 2 is 1.89 bits per heavy atom. The lowest BCUT2D eigenvalue weighted by Crippen LogP contribution is -1.99. The van der Waals surface area contributed by atoms with Crippen molar-refractivity contribution < 1.29 is 0 Å². The van der Waals surface area contributed by atoms with Crippen molar-refractivity contribution in [2.24, 2.45) is 4.99 Å². The highest BCUT2D eigenvalue weighted by atomic mass is 15.0. The monoisotopic (exact) mass is 355 g/mol. The molecule has 2 heterocycles. The third-order valence-corrected chi connectivity index (χ3v) is 4.43. The summed E-state index contributed by atoms with van der Waals surface area (Å²) in [6.45, 7) is 4.73. The first-order chi connectivity index (χ1) is 13.2. The molecule has 27 heavy (non-hydrogen) atoms. The lowest BCUT2D eigenvalue weighted by Gasteiger charge is -2.02. The van der Waals surface area contributed by atoms with Crippen molar-refractivity contribution in [3.05, 3.63) is 77.2 Å². The lowest BCUT2D eigenvalue weighted by molar-refractivity contribution is 0.971. The van der Waals surface area contributed by atoms with E-state index in [1.807, 2.05) is 31.2 Å². The Bertz CT molecular complexity index is 1100. The number of benzene rings is 2. The van der Waals surface area contributed by atoms with Crippen molar-refractivity contribution in [3.8, 4) is 11.5 Å². The highest BCUT2D eigenvalue weighted by Crippen LogP contribution is 2.21. The van der Waals surface area contributed by atoms with E-state index < -0.39 is 0 Å². The van der Waals surface area contributed by atoms with Crippen molar-refractivity contribution in [1.82, 2.24) is 19.9 Å². The summed E-state index contributed by atoms with van der Waals surface area (Å²) in [5.41, 5.74) is 6.75. The molecular formula is C22H21N5. The molecule has 0 amide bonds. The maximum atomic E-state index is 4.70. The van der Waals surface area contributed by atoms with E-state index in [2.05, 4.69) is 51.1 Å². The topological polar surface area (TPSA) is 66.8 Å². The molecule has 0 aliphatic carbocycles. The summed E-state index contributed by atoms with van der Waals surface area (Å²) in [6, 6.07) is 16.5. The summed E-state index contributed by atoms with van der Waals surface area (Å²) in [5, 5.41) is 0. The summed E-state index contributed by atoms with van der Waals surface area (Å²) in [7, 11) is 0. The van der Waals surface area contributed by atoms with E-state index in [0.29, 0.717) is 0 Å². The molecule has 134 valence electrons. The van der Waals surface area contributed by atoms with Crippen LogP contribution >= 0.6 is 0 Å². The first kappa shape index (κ1) is 17.1. The number of hydrogen-bond donors (Lipinski definition) is 1. The van der Waals surface area contributed by atoms with Crippen molar-refractivity contribution in [3.63, 3.8) is 0 Å². The Labute approximate surface area is 158 Å². The SMILES string of the molecule is Cc1ccc2nc(-c3nc(C=NCCc4ccccc4)cnc3C)[nH]c2c1. The molecule has 5 heteroatoms. The van der Waals surface area contributed by atoms with Gasteiger partial charge in [-0.25, -0.2) is 9.97 Å². The molecule has 0 radical (unpaired) electrons. The zero-order valence-corrected chi connectivity index (χ0v) is 15.5. The Morgan fingerprint density at radius 3 is 2.74 bits per heavy atom. The van der Waals surface area contributed by atoms with E-state index in [4.69, 9.17) is 4.98 Å². The molecule has 5 nitrogen and oxygen atoms in total. The van der Waals surface area contributed by atoms with E-state index in [9.17, 15) is 0 Å². The predicted octanol–water partition coefficient (Wildman–Crippen LogP) is 4.30. The average molecular weight is 355 g/mol. The molecule has 2 aromatic carbocycles. The largest absolute Gasteiger partial charge is 0.337 e. The zero-order chi connectivity index (χ0) is 18.6. The van der Waals surface area contributed by atoms with Crippen LogP contribution in [0.15, 0.2) is 59.7 Å². The number of aromatic amines is 1. The fraction of sp³-hybridized carbons (Fsp3) is 0.182. The van der Waals surface area contributed by atoms with E-state index >= 15 is 0 Å². The van der Waals surface area contributed by atoms with Crippen LogP contribution in [0.3, 0.4) is 0 Å². The Morgan fingerprint density at radius 1 is 1.04 bits per heavy atom. The molecule has 0 unspecified atom stereocenters. The second-order valence-electron chi connectivity index (χ2n) is 6.61. The van der Waals surface area contributed by atoms with Gasteiger partial charge in [0.25, 0.3) is 0 Å². The second kappa shape index (κ2) is 7.50. The van der Waals surface area contributed by atoms with Gasteiger partial charge < -0.3 is 4.98 Å². The summed E-state index contributed by atoms with van der Waals surface area (Å²) < 4.78 is 0. The van der Waals surface area contributed by atoms with Crippen molar-refractivity contribution >= 4 is 17.2 Å². The van der Waals surface area contributed by atoms with Crippen LogP contribution in [0.2, 0.25) is 0 Å². The fourth-order valence-electron chi connectivity index (χ4n) is 2.98. The molecular weight excluding hydrogens is 334 g/mol. The molecule has 1 N–H and O–H groups in total. The van der Waals surface area contributed by atoms with Gasteiger partial charge in [-0.1, -0.05) is 36.4 Å². The molecule has 0 aliphatic rings. The fourth-order valence-corrected chi connectivity index (χ4v) is 2.98. The smallest absolute Gasteiger partial charge is 0.159 e. The predicted molar refractivity (Wildman–Crippen MR) is 109 cm³/mol. The molecule has 0 aliphatic heterocycles. The highest BCUT2D eigenvalue weighted by Gasteiger charge is 2.11. The average Bonchev–Trinajstić information content (AvgIpc) is 3.10. The van der Waals surface area contributed by atoms with Crippen LogP contribution < -0.4 is 0 Å². The van der Waals surface area contributed by atoms with Gasteiger partial charge >= 0.3 is 0 Å². The van der Waals surface area contributed by atoms with Crippen LogP contribution in [-0.2, 0) is 6.42 Å². The van der Waals surface area contributed by atoms with Gasteiger partial charge in [-0.2, -0.15) is 0 Å². The van der Waals surface area contributed by atoms with Gasteiger partial charge in [0, 0.05) is 12.8 Å². The molecule has 4 rings (SSSR count). The number of aliphatic imine (C=N–C) groups is 1. The second-order valence-corrected chi connectivity index (χ2v) is 6.61. The van der Waals surface area contributed by atoms with Crippen molar-refractivity contribution in [2.75, 3.05) is 6.54 Å². The highest BCUT2D eigenvalue weighted by molar-refractivity contribution is 5.81. The minimum Gasteiger partial charge on any atom is -0.337 e. The van der Waals surface area contributed by atoms with Crippen LogP contribution in [0.4, 0.5) is 0 Å². The van der Waals surface area contributed by atoms with Gasteiger partial charge in [-0.05, 0) is 43.5 Å². The zero-order valence-electron chi connectivity index (χ0n) is 15.5. The minimum absolute atomic E-state index is 0.721. The van der Waals surface area contributed by atoms with Crippen LogP contribution in [0.5, 0.6) is 0 Å². The quantitative estimate of drug-likeness (QED) is 0.543. The maximum Gasteiger partial charge on any atom is 0.159 e. The minimum atomic E-state index is 0.721. The molecule has 0 atom stereocenters. The van der Waals surface area contributed by atoms with Gasteiger partial charge in [0.15, 0.2) is 5.82 Å². The number of fused-ring (bicyclic) bond motifs is 1. The normalized spacial score (nSPS) is 11.5. The number of H-pyrrole nitrogens is 1. The molecule has 0 fully saturated rings. The van der Waals surface area contributed by atoms with Gasteiger partial charge in [0.1, 0.15) is 5.69 Å². The van der Waals surface area contributed by atoms with E-state index in [0.717, 1.165) is 46.9 Å². The summed E-state index contributed by atoms with van der Waals surface area (Å²) in [6.07, 6.45) is 4.44. The summed E-state index contributed by atoms with van der Waals surface area (Å²) >= 11 is 0. The Kier molecular flexibility index (Phi) is 4.75. The molecule has 2 aromatic heterocycles. The summed E-state index contributed by atoms with van der Waals surface area (Å²) in [5.74, 6) is 0.736. The first-order valence-electron chi connectivity index (χ1n) is 9.03. The Hall–Kier alpha value is -3.34. The number of nitrogens with one attached hydrogen (secondary N) is 1. The van der Waals surface area contributed by atoms with Crippen molar-refractivity contribution in [2.45, 2.75) is 20.3 Å². The third-order valence-electron chi connectivity index (χ3n) is 4.43. The third kappa shape index (κ3) is 3.92. The maximum absolute atomic E-state index is 4.70. The first-order valence-corrected chi connectivity index (χ1v) is 9.03. The van der Waals surface area contributed by atoms with Gasteiger partial charge in [0.05, 0.1) is 28.6 Å². The van der Waals surface area contributed by atoms with Crippen LogP contribution in [0.25, 0.3) is 22.6 Å². The number of imidazole rings is 1. The lowest BCUT2D eigenvalue weighted by atomic mass is 10.2. The Balaban J connectivity index is 1.54. The van der Waals surface area contributed by atoms with E-state index in [1.54, 1.807) is 12.4 Å². The van der Waals surface area contributed by atoms with Crippen LogP contribution in [0, 0.1) is 13.8 Å². The van der Waals surface area contributed by atoms with Gasteiger partial charge in [-0.3, -0.25) is 9.98 Å². The number of rotatable bonds is 5. The number of nitrogens with zero attached hydrogens (tertiary/aromatic N) is 4. The molecule has 0 bridgehead atoms. The van der Waals surface area contributed by atoms with E-state index in [1.165, 1.54) is 11.1 Å². The van der Waals surface area contributed by atoms with Crippen molar-refractivity contribution in [1.29, 1.82) is 0 Å². The van der Waals surface area contributed by atoms with Gasteiger partial charge in [0.2, 0.25) is 0 Å². The molecule has 0 spiro atoms. The number of aromatic nitrogens is 4. The molecule has 0 saturated carbocycles. The van der Waals surface area contributed by atoms with Gasteiger partial charge in [-0.15, -0.1) is 0 Å². The molecule has 4 aromatic rings. The number of hydrogen-bond acceptors (Lipinski definition) is 4. The number of aryl methyl sites for hydroxylation is 2. The van der Waals surface area contributed by atoms with E-state index in [-0.39, 0.29) is 0 Å². The summed E-state index contributed by atoms with van der Waals surface area (Å²) in [4.78, 5) is 21.7. The van der Waals surface area contributed by atoms with Crippen LogP contribution in [-0.4, -0.2) is 32.7 Å². The van der Waals surface area contributed by atoms with Crippen LogP contribution in [0.1, 0.15) is 22.5 Å². The standard InChI is InChI=1S/C22H21N5/c1-15-8-9-19-20(12-15)27-22(26-19)21-16(2)24-14-18(25-21)13-23-11-10-17-6-4-3-5-7-17/h3-9,12-14H,10-11H2,1-2H3,(H,26,27). The molecule has 0 saturated heterocycles.